The van der Waals surface area contributed by atoms with Gasteiger partial charge in [0.25, 0.3) is 5.91 Å². The smallest absolute Gasteiger partial charge is 0.251 e. The second-order valence-electron chi connectivity index (χ2n) is 5.35. The van der Waals surface area contributed by atoms with Crippen LogP contribution in [0.25, 0.3) is 0 Å². The Kier molecular flexibility index (Phi) is 4.04. The van der Waals surface area contributed by atoms with E-state index in [4.69, 9.17) is 22.1 Å². The highest BCUT2D eigenvalue weighted by molar-refractivity contribution is 9.10. The predicted molar refractivity (Wildman–Crippen MR) is 80.8 cm³/mol. The number of carbonyl (C=O) groups excluding carboxylic acids is 1. The van der Waals surface area contributed by atoms with Crippen molar-refractivity contribution in [3.63, 3.8) is 0 Å². The number of amides is 1. The monoisotopic (exact) mass is 358 g/mol. The molecule has 4 nitrogen and oxygen atoms in total. The number of rotatable bonds is 2. The summed E-state index contributed by atoms with van der Waals surface area (Å²) in [6, 6.07) is 5.02. The molecule has 1 amide bonds. The van der Waals surface area contributed by atoms with Crippen LogP contribution in [0.3, 0.4) is 0 Å². The summed E-state index contributed by atoms with van der Waals surface area (Å²) in [6.07, 6.45) is 2.20. The van der Waals surface area contributed by atoms with Crippen LogP contribution < -0.4 is 11.1 Å². The van der Waals surface area contributed by atoms with Gasteiger partial charge in [-0.25, -0.2) is 0 Å². The summed E-state index contributed by atoms with van der Waals surface area (Å²) in [6.45, 7) is 0.754. The molecule has 108 valence electrons. The fraction of sp³-hybridized carbons (Fsp3) is 0.500. The number of benzene rings is 1. The van der Waals surface area contributed by atoms with Gasteiger partial charge in [0.1, 0.15) is 0 Å². The predicted octanol–water partition coefficient (Wildman–Crippen LogP) is 2.34. The van der Waals surface area contributed by atoms with E-state index >= 15 is 0 Å². The molecule has 0 radical (unpaired) electrons. The van der Waals surface area contributed by atoms with Crippen LogP contribution in [0.4, 0.5) is 0 Å². The highest BCUT2D eigenvalue weighted by atomic mass is 79.9. The molecule has 3 N–H and O–H groups in total. The van der Waals surface area contributed by atoms with Crippen molar-refractivity contribution in [1.29, 1.82) is 0 Å². The van der Waals surface area contributed by atoms with Crippen molar-refractivity contribution in [1.82, 2.24) is 5.32 Å². The van der Waals surface area contributed by atoms with Crippen LogP contribution in [-0.4, -0.2) is 30.7 Å². The van der Waals surface area contributed by atoms with Crippen LogP contribution in [0.1, 0.15) is 23.2 Å². The first kappa shape index (κ1) is 14.3. The highest BCUT2D eigenvalue weighted by Gasteiger charge is 2.51. The summed E-state index contributed by atoms with van der Waals surface area (Å²) in [5.74, 6) is 0.218. The molecule has 2 aliphatic rings. The van der Waals surface area contributed by atoms with Gasteiger partial charge in [-0.15, -0.1) is 0 Å². The van der Waals surface area contributed by atoms with Gasteiger partial charge in [0.15, 0.2) is 0 Å². The molecule has 1 aromatic carbocycles. The lowest BCUT2D eigenvalue weighted by molar-refractivity contribution is -0.117. The number of hydrogen-bond acceptors (Lipinski definition) is 3. The van der Waals surface area contributed by atoms with Gasteiger partial charge in [-0.05, 0) is 47.0 Å². The first-order valence-corrected chi connectivity index (χ1v) is 7.88. The zero-order valence-electron chi connectivity index (χ0n) is 10.8. The lowest BCUT2D eigenvalue weighted by Gasteiger charge is -2.52. The second kappa shape index (κ2) is 5.64. The van der Waals surface area contributed by atoms with E-state index < -0.39 is 0 Å². The number of carbonyl (C=O) groups is 1. The van der Waals surface area contributed by atoms with Gasteiger partial charge < -0.3 is 15.8 Å². The molecule has 1 aromatic rings. The van der Waals surface area contributed by atoms with Gasteiger partial charge in [0.2, 0.25) is 0 Å². The summed E-state index contributed by atoms with van der Waals surface area (Å²) in [5.41, 5.74) is 6.66. The minimum atomic E-state index is -0.160. The summed E-state index contributed by atoms with van der Waals surface area (Å²) >= 11 is 9.31. The minimum Gasteiger partial charge on any atom is -0.376 e. The number of ether oxygens (including phenoxy) is 1. The van der Waals surface area contributed by atoms with Crippen molar-refractivity contribution in [3.05, 3.63) is 33.3 Å². The van der Waals surface area contributed by atoms with Crippen LogP contribution in [-0.2, 0) is 4.74 Å². The van der Waals surface area contributed by atoms with E-state index in [0.29, 0.717) is 16.5 Å². The first-order valence-electron chi connectivity index (χ1n) is 6.71. The van der Waals surface area contributed by atoms with Gasteiger partial charge in [-0.2, -0.15) is 0 Å². The fourth-order valence-corrected chi connectivity index (χ4v) is 3.43. The van der Waals surface area contributed by atoms with Crippen LogP contribution in [0.5, 0.6) is 0 Å². The Hall–Kier alpha value is -0.620. The summed E-state index contributed by atoms with van der Waals surface area (Å²) in [4.78, 5) is 12.2. The molecule has 1 heterocycles. The zero-order chi connectivity index (χ0) is 14.3. The van der Waals surface area contributed by atoms with Crippen LogP contribution in [0.2, 0.25) is 5.02 Å². The third kappa shape index (κ3) is 2.48. The maximum Gasteiger partial charge on any atom is 0.251 e. The Labute approximate surface area is 131 Å². The van der Waals surface area contributed by atoms with Crippen LogP contribution >= 0.6 is 27.5 Å². The summed E-state index contributed by atoms with van der Waals surface area (Å²) < 4.78 is 6.48. The third-order valence-electron chi connectivity index (χ3n) is 4.16. The number of halogens is 2. The van der Waals surface area contributed by atoms with Gasteiger partial charge in [0.05, 0.1) is 17.2 Å². The molecule has 1 aliphatic carbocycles. The number of fused-ring (bicyclic) bond motifs is 1. The standard InChI is InChI=1S/C14H16BrClN2O2/c15-9-4-3-7(6-10(9)16)14(19)18-12-11(17)8-2-1-5-20-13(8)12/h3-4,6,8,11-13H,1-2,5,17H2,(H,18,19). The maximum absolute atomic E-state index is 12.2. The van der Waals surface area contributed by atoms with Crippen molar-refractivity contribution in [2.75, 3.05) is 6.61 Å². The molecule has 1 saturated heterocycles. The average Bonchev–Trinajstić information content (AvgIpc) is 2.47. The SMILES string of the molecule is NC1C2CCCOC2C1NC(=O)c1ccc(Br)c(Cl)c1. The normalized spacial score (nSPS) is 32.1. The van der Waals surface area contributed by atoms with E-state index in [1.54, 1.807) is 18.2 Å². The molecule has 1 saturated carbocycles. The van der Waals surface area contributed by atoms with Crippen molar-refractivity contribution < 1.29 is 9.53 Å². The number of nitrogens with two attached hydrogens (primary N) is 1. The Morgan fingerprint density at radius 1 is 1.50 bits per heavy atom. The minimum absolute atomic E-state index is 0.0184. The molecule has 4 atom stereocenters. The molecular weight excluding hydrogens is 344 g/mol. The van der Waals surface area contributed by atoms with E-state index in [2.05, 4.69) is 21.2 Å². The van der Waals surface area contributed by atoms with E-state index in [9.17, 15) is 4.79 Å². The highest BCUT2D eigenvalue weighted by Crippen LogP contribution is 2.37. The molecule has 1 aliphatic heterocycles. The quantitative estimate of drug-likeness (QED) is 0.852. The fourth-order valence-electron chi connectivity index (χ4n) is 3.00. The van der Waals surface area contributed by atoms with Crippen LogP contribution in [0.15, 0.2) is 22.7 Å². The van der Waals surface area contributed by atoms with Gasteiger partial charge in [-0.3, -0.25) is 4.79 Å². The molecule has 6 heteroatoms. The Morgan fingerprint density at radius 2 is 2.30 bits per heavy atom. The number of hydrogen-bond donors (Lipinski definition) is 2. The van der Waals surface area contributed by atoms with Gasteiger partial charge >= 0.3 is 0 Å². The van der Waals surface area contributed by atoms with Gasteiger partial charge in [-0.1, -0.05) is 11.6 Å². The largest absolute Gasteiger partial charge is 0.376 e. The maximum atomic E-state index is 12.2. The van der Waals surface area contributed by atoms with Crippen LogP contribution in [0, 0.1) is 5.92 Å². The lowest BCUT2D eigenvalue weighted by atomic mass is 9.68. The molecule has 0 bridgehead atoms. The Morgan fingerprint density at radius 3 is 3.05 bits per heavy atom. The van der Waals surface area contributed by atoms with Gasteiger partial charge in [0, 0.05) is 28.6 Å². The van der Waals surface area contributed by atoms with Crippen molar-refractivity contribution in [3.8, 4) is 0 Å². The first-order chi connectivity index (χ1) is 9.58. The second-order valence-corrected chi connectivity index (χ2v) is 6.61. The van der Waals surface area contributed by atoms with Crippen molar-refractivity contribution >= 4 is 33.4 Å². The molecular formula is C14H16BrClN2O2. The Balaban J connectivity index is 1.68. The van der Waals surface area contributed by atoms with Crippen molar-refractivity contribution in [2.24, 2.45) is 11.7 Å². The van der Waals surface area contributed by atoms with E-state index in [0.717, 1.165) is 23.9 Å². The molecule has 0 aromatic heterocycles. The van der Waals surface area contributed by atoms with E-state index in [1.807, 2.05) is 0 Å². The summed E-state index contributed by atoms with van der Waals surface area (Å²) in [5, 5.41) is 3.48. The van der Waals surface area contributed by atoms with Crippen molar-refractivity contribution in [2.45, 2.75) is 31.0 Å². The molecule has 4 unspecified atom stereocenters. The zero-order valence-corrected chi connectivity index (χ0v) is 13.2. The molecule has 3 rings (SSSR count). The van der Waals surface area contributed by atoms with E-state index in [-0.39, 0.29) is 24.1 Å². The van der Waals surface area contributed by atoms with E-state index in [1.165, 1.54) is 0 Å². The third-order valence-corrected chi connectivity index (χ3v) is 5.39. The molecule has 20 heavy (non-hydrogen) atoms. The average molecular weight is 360 g/mol. The topological polar surface area (TPSA) is 64.3 Å². The number of nitrogens with one attached hydrogen (secondary N) is 1. The molecule has 2 fully saturated rings. The summed E-state index contributed by atoms with van der Waals surface area (Å²) in [7, 11) is 0. The Bertz CT molecular complexity index is 540. The lowest BCUT2D eigenvalue weighted by Crippen LogP contribution is -2.72. The molecule has 0 spiro atoms.